The zero-order valence-corrected chi connectivity index (χ0v) is 14.7. The van der Waals surface area contributed by atoms with Crippen LogP contribution in [0.15, 0.2) is 48.5 Å². The normalized spacial score (nSPS) is 11.8. The van der Waals surface area contributed by atoms with E-state index in [4.69, 9.17) is 4.74 Å². The molecule has 0 radical (unpaired) electrons. The molecule has 2 aromatic rings. The quantitative estimate of drug-likeness (QED) is 0.786. The van der Waals surface area contributed by atoms with Gasteiger partial charge < -0.3 is 10.1 Å². The van der Waals surface area contributed by atoms with Gasteiger partial charge in [-0.05, 0) is 37.6 Å². The molecule has 2 aromatic carbocycles. The van der Waals surface area contributed by atoms with Crippen molar-refractivity contribution in [2.24, 2.45) is 0 Å². The Hall–Kier alpha value is -2.01. The topological polar surface area (TPSA) is 38.3 Å². The lowest BCUT2D eigenvalue weighted by atomic mass is 10.2. The van der Waals surface area contributed by atoms with E-state index < -0.39 is 0 Å². The zero-order valence-electron chi connectivity index (χ0n) is 13.9. The van der Waals surface area contributed by atoms with Gasteiger partial charge in [-0.3, -0.25) is 4.79 Å². The van der Waals surface area contributed by atoms with Crippen LogP contribution >= 0.6 is 11.8 Å². The third-order valence-corrected chi connectivity index (χ3v) is 4.36. The number of thioether (sulfide) groups is 1. The van der Waals surface area contributed by atoms with Gasteiger partial charge in [-0.1, -0.05) is 35.9 Å². The Morgan fingerprint density at radius 3 is 2.62 bits per heavy atom. The molecular formula is C19H22FNO2S. The van der Waals surface area contributed by atoms with Gasteiger partial charge in [0.05, 0.1) is 11.8 Å². The standard InChI is InChI=1S/C19H22FNO2S/c1-14-7-9-17(10-8-14)23-11-15(2)21-19(22)13-24-12-16-5-3-4-6-18(16)20/h3-10,15H,11-13H2,1-2H3,(H,21,22)/t15-/m0/s1. The first-order valence-corrected chi connectivity index (χ1v) is 9.00. The van der Waals surface area contributed by atoms with E-state index >= 15 is 0 Å². The summed E-state index contributed by atoms with van der Waals surface area (Å²) in [7, 11) is 0. The molecule has 0 saturated heterocycles. The summed E-state index contributed by atoms with van der Waals surface area (Å²) in [6.45, 7) is 4.33. The third kappa shape index (κ3) is 6.24. The zero-order chi connectivity index (χ0) is 17.4. The second kappa shape index (κ2) is 9.33. The van der Waals surface area contributed by atoms with Crippen LogP contribution in [-0.2, 0) is 10.5 Å². The van der Waals surface area contributed by atoms with Crippen LogP contribution in [0.3, 0.4) is 0 Å². The first kappa shape index (κ1) is 18.3. The summed E-state index contributed by atoms with van der Waals surface area (Å²) in [5.74, 6) is 1.26. The number of nitrogens with one attached hydrogen (secondary N) is 1. The van der Waals surface area contributed by atoms with Crippen molar-refractivity contribution in [1.82, 2.24) is 5.32 Å². The van der Waals surface area contributed by atoms with E-state index in [1.54, 1.807) is 18.2 Å². The number of amides is 1. The van der Waals surface area contributed by atoms with Gasteiger partial charge in [-0.2, -0.15) is 0 Å². The maximum atomic E-state index is 13.5. The minimum absolute atomic E-state index is 0.0728. The average molecular weight is 347 g/mol. The minimum atomic E-state index is -0.231. The molecule has 0 spiro atoms. The lowest BCUT2D eigenvalue weighted by molar-refractivity contribution is -0.119. The summed E-state index contributed by atoms with van der Waals surface area (Å²) in [6, 6.07) is 14.3. The Bertz CT molecular complexity index is 661. The van der Waals surface area contributed by atoms with E-state index in [1.807, 2.05) is 38.1 Å². The lowest BCUT2D eigenvalue weighted by Crippen LogP contribution is -2.37. The van der Waals surface area contributed by atoms with E-state index in [2.05, 4.69) is 5.32 Å². The summed E-state index contributed by atoms with van der Waals surface area (Å²) in [6.07, 6.45) is 0. The van der Waals surface area contributed by atoms with Crippen molar-refractivity contribution >= 4 is 17.7 Å². The van der Waals surface area contributed by atoms with Gasteiger partial charge in [-0.25, -0.2) is 4.39 Å². The molecule has 1 amide bonds. The van der Waals surface area contributed by atoms with Gasteiger partial charge in [0.15, 0.2) is 0 Å². The molecule has 1 N–H and O–H groups in total. The molecule has 0 heterocycles. The Balaban J connectivity index is 1.66. The highest BCUT2D eigenvalue weighted by Gasteiger charge is 2.09. The summed E-state index contributed by atoms with van der Waals surface area (Å²) < 4.78 is 19.1. The van der Waals surface area contributed by atoms with Gasteiger partial charge in [0, 0.05) is 5.75 Å². The highest BCUT2D eigenvalue weighted by atomic mass is 32.2. The maximum absolute atomic E-state index is 13.5. The van der Waals surface area contributed by atoms with Crippen LogP contribution in [0, 0.1) is 12.7 Å². The highest BCUT2D eigenvalue weighted by Crippen LogP contribution is 2.15. The lowest BCUT2D eigenvalue weighted by Gasteiger charge is -2.15. The molecule has 3 nitrogen and oxygen atoms in total. The predicted octanol–water partition coefficient (Wildman–Crippen LogP) is 3.95. The number of carbonyl (C=O) groups excluding carboxylic acids is 1. The molecule has 0 unspecified atom stereocenters. The van der Waals surface area contributed by atoms with Gasteiger partial charge in [0.2, 0.25) is 5.91 Å². The first-order valence-electron chi connectivity index (χ1n) is 7.84. The van der Waals surface area contributed by atoms with E-state index in [1.165, 1.54) is 23.4 Å². The molecule has 24 heavy (non-hydrogen) atoms. The van der Waals surface area contributed by atoms with Crippen LogP contribution in [0.4, 0.5) is 4.39 Å². The highest BCUT2D eigenvalue weighted by molar-refractivity contribution is 7.99. The van der Waals surface area contributed by atoms with Crippen molar-refractivity contribution < 1.29 is 13.9 Å². The largest absolute Gasteiger partial charge is 0.491 e. The number of hydrogen-bond donors (Lipinski definition) is 1. The molecule has 1 atom stereocenters. The van der Waals surface area contributed by atoms with Crippen LogP contribution in [0.25, 0.3) is 0 Å². The molecule has 0 aromatic heterocycles. The maximum Gasteiger partial charge on any atom is 0.230 e. The minimum Gasteiger partial charge on any atom is -0.491 e. The molecule has 2 rings (SSSR count). The number of benzene rings is 2. The monoisotopic (exact) mass is 347 g/mol. The van der Waals surface area contributed by atoms with Crippen molar-refractivity contribution in [1.29, 1.82) is 0 Å². The second-order valence-electron chi connectivity index (χ2n) is 5.68. The number of rotatable bonds is 8. The molecule has 0 fully saturated rings. The smallest absolute Gasteiger partial charge is 0.230 e. The molecule has 0 aliphatic heterocycles. The van der Waals surface area contributed by atoms with E-state index in [0.717, 1.165) is 5.75 Å². The fourth-order valence-corrected chi connectivity index (χ4v) is 2.91. The molecule has 0 aliphatic rings. The fourth-order valence-electron chi connectivity index (χ4n) is 2.08. The van der Waals surface area contributed by atoms with Crippen LogP contribution < -0.4 is 10.1 Å². The van der Waals surface area contributed by atoms with Crippen molar-refractivity contribution in [3.05, 3.63) is 65.5 Å². The summed E-state index contributed by atoms with van der Waals surface area (Å²) in [5.41, 5.74) is 1.79. The number of ether oxygens (including phenoxy) is 1. The van der Waals surface area contributed by atoms with Gasteiger partial charge >= 0.3 is 0 Å². The fraction of sp³-hybridized carbons (Fsp3) is 0.316. The summed E-state index contributed by atoms with van der Waals surface area (Å²) in [4.78, 5) is 11.9. The Morgan fingerprint density at radius 1 is 1.21 bits per heavy atom. The summed E-state index contributed by atoms with van der Waals surface area (Å²) >= 11 is 1.39. The van der Waals surface area contributed by atoms with E-state index in [9.17, 15) is 9.18 Å². The van der Waals surface area contributed by atoms with E-state index in [0.29, 0.717) is 23.7 Å². The number of carbonyl (C=O) groups is 1. The third-order valence-electron chi connectivity index (χ3n) is 3.38. The first-order chi connectivity index (χ1) is 11.5. The molecule has 0 saturated carbocycles. The Labute approximate surface area is 146 Å². The summed E-state index contributed by atoms with van der Waals surface area (Å²) in [5, 5.41) is 2.88. The average Bonchev–Trinajstić information content (AvgIpc) is 2.56. The van der Waals surface area contributed by atoms with Crippen molar-refractivity contribution in [3.63, 3.8) is 0 Å². The Morgan fingerprint density at radius 2 is 1.92 bits per heavy atom. The van der Waals surface area contributed by atoms with Crippen LogP contribution in [0.2, 0.25) is 0 Å². The molecule has 0 bridgehead atoms. The molecular weight excluding hydrogens is 325 g/mol. The number of aryl methyl sites for hydroxylation is 1. The van der Waals surface area contributed by atoms with Crippen LogP contribution in [-0.4, -0.2) is 24.3 Å². The number of hydrogen-bond acceptors (Lipinski definition) is 3. The Kier molecular flexibility index (Phi) is 7.12. The van der Waals surface area contributed by atoms with Gasteiger partial charge in [0.1, 0.15) is 18.2 Å². The van der Waals surface area contributed by atoms with Crippen molar-refractivity contribution in [3.8, 4) is 5.75 Å². The van der Waals surface area contributed by atoms with Gasteiger partial charge in [0.25, 0.3) is 0 Å². The predicted molar refractivity (Wildman–Crippen MR) is 96.8 cm³/mol. The second-order valence-corrected chi connectivity index (χ2v) is 6.66. The molecule has 128 valence electrons. The van der Waals surface area contributed by atoms with E-state index in [-0.39, 0.29) is 17.8 Å². The molecule has 0 aliphatic carbocycles. The molecule has 5 heteroatoms. The van der Waals surface area contributed by atoms with Gasteiger partial charge in [-0.15, -0.1) is 11.8 Å². The van der Waals surface area contributed by atoms with Crippen LogP contribution in [0.5, 0.6) is 5.75 Å². The van der Waals surface area contributed by atoms with Crippen molar-refractivity contribution in [2.45, 2.75) is 25.6 Å². The SMILES string of the molecule is Cc1ccc(OC[C@H](C)NC(=O)CSCc2ccccc2F)cc1. The number of halogens is 1. The van der Waals surface area contributed by atoms with Crippen molar-refractivity contribution in [2.75, 3.05) is 12.4 Å². The van der Waals surface area contributed by atoms with Crippen LogP contribution in [0.1, 0.15) is 18.1 Å².